The van der Waals surface area contributed by atoms with Crippen molar-refractivity contribution in [2.24, 2.45) is 5.92 Å². The lowest BCUT2D eigenvalue weighted by Crippen LogP contribution is -2.24. The van der Waals surface area contributed by atoms with E-state index >= 15 is 0 Å². The highest BCUT2D eigenvalue weighted by molar-refractivity contribution is 5.31. The second-order valence-electron chi connectivity index (χ2n) is 6.05. The molecule has 5 nitrogen and oxygen atoms in total. The van der Waals surface area contributed by atoms with Gasteiger partial charge in [0.1, 0.15) is 12.4 Å². The maximum atomic E-state index is 5.79. The molecule has 0 atom stereocenters. The SMILES string of the molecule is Cc1ccccc1OCCN(C)Cc1nc(CC(C)C)no1. The monoisotopic (exact) mass is 303 g/mol. The van der Waals surface area contributed by atoms with E-state index in [1.54, 1.807) is 0 Å². The highest BCUT2D eigenvalue weighted by atomic mass is 16.5. The third-order valence-corrected chi connectivity index (χ3v) is 3.33. The van der Waals surface area contributed by atoms with E-state index in [1.165, 1.54) is 0 Å². The molecule has 5 heteroatoms. The van der Waals surface area contributed by atoms with Gasteiger partial charge in [-0.05, 0) is 31.5 Å². The van der Waals surface area contributed by atoms with Crippen molar-refractivity contribution in [3.8, 4) is 5.75 Å². The van der Waals surface area contributed by atoms with Gasteiger partial charge in [0.05, 0.1) is 6.54 Å². The number of hydrogen-bond acceptors (Lipinski definition) is 5. The van der Waals surface area contributed by atoms with Crippen LogP contribution in [0.4, 0.5) is 0 Å². The molecule has 1 aromatic carbocycles. The molecule has 1 aromatic heterocycles. The van der Waals surface area contributed by atoms with Crippen molar-refractivity contribution in [3.05, 3.63) is 41.5 Å². The minimum atomic E-state index is 0.533. The van der Waals surface area contributed by atoms with Gasteiger partial charge in [-0.3, -0.25) is 4.90 Å². The fourth-order valence-electron chi connectivity index (χ4n) is 2.14. The van der Waals surface area contributed by atoms with E-state index in [9.17, 15) is 0 Å². The Balaban J connectivity index is 1.75. The average Bonchev–Trinajstić information content (AvgIpc) is 2.87. The number of para-hydroxylation sites is 1. The fraction of sp³-hybridized carbons (Fsp3) is 0.529. The van der Waals surface area contributed by atoms with Crippen LogP contribution in [0.25, 0.3) is 0 Å². The van der Waals surface area contributed by atoms with Gasteiger partial charge in [-0.15, -0.1) is 0 Å². The summed E-state index contributed by atoms with van der Waals surface area (Å²) in [7, 11) is 2.02. The van der Waals surface area contributed by atoms with Gasteiger partial charge >= 0.3 is 0 Å². The van der Waals surface area contributed by atoms with Crippen LogP contribution in [-0.2, 0) is 13.0 Å². The van der Waals surface area contributed by atoms with E-state index < -0.39 is 0 Å². The van der Waals surface area contributed by atoms with Crippen molar-refractivity contribution >= 4 is 0 Å². The Labute approximate surface area is 132 Å². The van der Waals surface area contributed by atoms with Crippen LogP contribution in [0.3, 0.4) is 0 Å². The molecule has 0 unspecified atom stereocenters. The van der Waals surface area contributed by atoms with Crippen molar-refractivity contribution in [1.29, 1.82) is 0 Å². The second-order valence-corrected chi connectivity index (χ2v) is 6.05. The Morgan fingerprint density at radius 2 is 2.05 bits per heavy atom. The smallest absolute Gasteiger partial charge is 0.240 e. The second kappa shape index (κ2) is 7.94. The van der Waals surface area contributed by atoms with Crippen LogP contribution in [0, 0.1) is 12.8 Å². The average molecular weight is 303 g/mol. The molecule has 120 valence electrons. The van der Waals surface area contributed by atoms with Crippen molar-refractivity contribution < 1.29 is 9.26 Å². The molecule has 0 aliphatic carbocycles. The molecule has 1 heterocycles. The normalized spacial score (nSPS) is 11.4. The Hall–Kier alpha value is -1.88. The molecule has 0 fully saturated rings. The summed E-state index contributed by atoms with van der Waals surface area (Å²) in [5.74, 6) is 2.92. The highest BCUT2D eigenvalue weighted by Gasteiger charge is 2.10. The topological polar surface area (TPSA) is 51.4 Å². The molecule has 2 rings (SSSR count). The molecule has 0 saturated carbocycles. The minimum Gasteiger partial charge on any atom is -0.492 e. The molecule has 0 aliphatic rings. The van der Waals surface area contributed by atoms with Crippen LogP contribution in [0.1, 0.15) is 31.1 Å². The van der Waals surface area contributed by atoms with E-state index in [0.717, 1.165) is 30.1 Å². The van der Waals surface area contributed by atoms with Gasteiger partial charge in [-0.1, -0.05) is 37.2 Å². The van der Waals surface area contributed by atoms with Crippen molar-refractivity contribution in [1.82, 2.24) is 15.0 Å². The van der Waals surface area contributed by atoms with E-state index in [1.807, 2.05) is 38.2 Å². The predicted octanol–water partition coefficient (Wildman–Crippen LogP) is 3.09. The standard InChI is InChI=1S/C17H25N3O2/c1-13(2)11-16-18-17(22-19-16)12-20(4)9-10-21-15-8-6-5-7-14(15)3/h5-8,13H,9-12H2,1-4H3. The van der Waals surface area contributed by atoms with Gasteiger partial charge < -0.3 is 9.26 Å². The predicted molar refractivity (Wildman–Crippen MR) is 85.8 cm³/mol. The zero-order chi connectivity index (χ0) is 15.9. The van der Waals surface area contributed by atoms with Gasteiger partial charge in [-0.2, -0.15) is 4.98 Å². The summed E-state index contributed by atoms with van der Waals surface area (Å²) in [6, 6.07) is 8.04. The number of rotatable bonds is 8. The van der Waals surface area contributed by atoms with E-state index in [-0.39, 0.29) is 0 Å². The maximum absolute atomic E-state index is 5.79. The lowest BCUT2D eigenvalue weighted by Gasteiger charge is -2.15. The van der Waals surface area contributed by atoms with Crippen molar-refractivity contribution in [3.63, 3.8) is 0 Å². The first-order valence-electron chi connectivity index (χ1n) is 7.73. The first kappa shape index (κ1) is 16.5. The summed E-state index contributed by atoms with van der Waals surface area (Å²) >= 11 is 0. The lowest BCUT2D eigenvalue weighted by atomic mass is 10.1. The maximum Gasteiger partial charge on any atom is 0.240 e. The molecule has 0 radical (unpaired) electrons. The van der Waals surface area contributed by atoms with Gasteiger partial charge in [0.2, 0.25) is 5.89 Å². The number of aromatic nitrogens is 2. The molecule has 0 N–H and O–H groups in total. The first-order chi connectivity index (χ1) is 10.5. The summed E-state index contributed by atoms with van der Waals surface area (Å²) in [5, 5.41) is 4.00. The van der Waals surface area contributed by atoms with E-state index in [4.69, 9.17) is 9.26 Å². The van der Waals surface area contributed by atoms with Crippen LogP contribution < -0.4 is 4.74 Å². The van der Waals surface area contributed by atoms with Gasteiger partial charge in [0.15, 0.2) is 5.82 Å². The van der Waals surface area contributed by atoms with Crippen LogP contribution in [0.5, 0.6) is 5.75 Å². The van der Waals surface area contributed by atoms with Crippen LogP contribution in [0.15, 0.2) is 28.8 Å². The number of aryl methyl sites for hydroxylation is 1. The summed E-state index contributed by atoms with van der Waals surface area (Å²) in [6.07, 6.45) is 0.851. The fourth-order valence-corrected chi connectivity index (χ4v) is 2.14. The van der Waals surface area contributed by atoms with Gasteiger partial charge in [0, 0.05) is 13.0 Å². The van der Waals surface area contributed by atoms with Crippen molar-refractivity contribution in [2.75, 3.05) is 20.2 Å². The van der Waals surface area contributed by atoms with Gasteiger partial charge in [0.25, 0.3) is 0 Å². The summed E-state index contributed by atoms with van der Waals surface area (Å²) in [4.78, 5) is 6.53. The molecule has 22 heavy (non-hydrogen) atoms. The summed E-state index contributed by atoms with van der Waals surface area (Å²) in [6.45, 7) is 8.41. The highest BCUT2D eigenvalue weighted by Crippen LogP contribution is 2.16. The quantitative estimate of drug-likeness (QED) is 0.750. The third kappa shape index (κ3) is 5.15. The van der Waals surface area contributed by atoms with E-state index in [0.29, 0.717) is 25.0 Å². The van der Waals surface area contributed by atoms with Crippen LogP contribution in [0.2, 0.25) is 0 Å². The van der Waals surface area contributed by atoms with Crippen molar-refractivity contribution in [2.45, 2.75) is 33.7 Å². The van der Waals surface area contributed by atoms with E-state index in [2.05, 4.69) is 28.9 Å². The Morgan fingerprint density at radius 3 is 2.77 bits per heavy atom. The molecule has 0 spiro atoms. The molecule has 0 aliphatic heterocycles. The zero-order valence-corrected chi connectivity index (χ0v) is 13.9. The number of benzene rings is 1. The molecule has 0 amide bonds. The summed E-state index contributed by atoms with van der Waals surface area (Å²) in [5.41, 5.74) is 1.15. The molecular formula is C17H25N3O2. The van der Waals surface area contributed by atoms with Gasteiger partial charge in [-0.25, -0.2) is 0 Å². The van der Waals surface area contributed by atoms with Crippen LogP contribution in [-0.4, -0.2) is 35.2 Å². The van der Waals surface area contributed by atoms with Crippen LogP contribution >= 0.6 is 0 Å². The molecular weight excluding hydrogens is 278 g/mol. The number of ether oxygens (including phenoxy) is 1. The summed E-state index contributed by atoms with van der Waals surface area (Å²) < 4.78 is 11.1. The Bertz CT molecular complexity index is 581. The number of likely N-dealkylation sites (N-methyl/N-ethyl adjacent to an activating group) is 1. The Kier molecular flexibility index (Phi) is 5.95. The Morgan fingerprint density at radius 1 is 1.27 bits per heavy atom. The number of hydrogen-bond donors (Lipinski definition) is 0. The molecule has 0 bridgehead atoms. The zero-order valence-electron chi connectivity index (χ0n) is 13.9. The number of nitrogens with zero attached hydrogens (tertiary/aromatic N) is 3. The third-order valence-electron chi connectivity index (χ3n) is 3.33. The minimum absolute atomic E-state index is 0.533. The molecule has 2 aromatic rings. The first-order valence-corrected chi connectivity index (χ1v) is 7.73. The lowest BCUT2D eigenvalue weighted by molar-refractivity contribution is 0.212. The largest absolute Gasteiger partial charge is 0.492 e. The molecule has 0 saturated heterocycles.